The first kappa shape index (κ1) is 20.9. The summed E-state index contributed by atoms with van der Waals surface area (Å²) in [6.45, 7) is 2.38. The third-order valence-corrected chi connectivity index (χ3v) is 7.25. The molecule has 0 bridgehead atoms. The first-order valence-corrected chi connectivity index (χ1v) is 11.9. The number of anilines is 2. The number of aromatic nitrogens is 2. The lowest BCUT2D eigenvalue weighted by molar-refractivity contribution is -0.135. The van der Waals surface area contributed by atoms with Crippen LogP contribution in [0.25, 0.3) is 0 Å². The maximum absolute atomic E-state index is 13.5. The number of para-hydroxylation sites is 1. The fraction of sp³-hybridized carbons (Fsp3) is 0.520. The number of benzene rings is 1. The van der Waals surface area contributed by atoms with Crippen LogP contribution in [0.1, 0.15) is 44.1 Å². The van der Waals surface area contributed by atoms with Crippen molar-refractivity contribution in [3.05, 3.63) is 48.3 Å². The lowest BCUT2D eigenvalue weighted by Gasteiger charge is -2.36. The molecule has 2 amide bonds. The van der Waals surface area contributed by atoms with Gasteiger partial charge in [-0.3, -0.25) is 9.59 Å². The predicted octanol–water partition coefficient (Wildman–Crippen LogP) is 2.96. The highest BCUT2D eigenvalue weighted by Gasteiger charge is 2.40. The van der Waals surface area contributed by atoms with E-state index in [0.717, 1.165) is 76.2 Å². The summed E-state index contributed by atoms with van der Waals surface area (Å²) in [7, 11) is 0. The number of rotatable bonds is 4. The standard InChI is InChI=1S/C25H31N5O2/c31-23(28-19-11-15-29(16-12-19)25-26-13-5-14-27-25)20-7-2-3-8-21(20)24(32)30-17-10-18-6-1-4-9-22(18)30/h1,4-6,9,13-14,19-21H,2-3,7-8,10-12,15-17H2,(H,28,31). The highest BCUT2D eigenvalue weighted by atomic mass is 16.2. The number of carbonyl (C=O) groups is 2. The highest BCUT2D eigenvalue weighted by Crippen LogP contribution is 2.36. The molecule has 0 radical (unpaired) electrons. The van der Waals surface area contributed by atoms with Crippen molar-refractivity contribution in [2.45, 2.75) is 51.0 Å². The van der Waals surface area contributed by atoms with Gasteiger partial charge in [0, 0.05) is 49.7 Å². The fourth-order valence-corrected chi connectivity index (χ4v) is 5.49. The molecule has 2 aliphatic heterocycles. The third kappa shape index (κ3) is 4.20. The van der Waals surface area contributed by atoms with Gasteiger partial charge in [0.05, 0.1) is 5.92 Å². The summed E-state index contributed by atoms with van der Waals surface area (Å²) in [5.41, 5.74) is 2.25. The average molecular weight is 434 g/mol. The van der Waals surface area contributed by atoms with Crippen LogP contribution >= 0.6 is 0 Å². The van der Waals surface area contributed by atoms with Gasteiger partial charge in [-0.1, -0.05) is 31.0 Å². The fourth-order valence-electron chi connectivity index (χ4n) is 5.49. The van der Waals surface area contributed by atoms with Crippen LogP contribution < -0.4 is 15.1 Å². The van der Waals surface area contributed by atoms with E-state index in [0.29, 0.717) is 0 Å². The second-order valence-electron chi connectivity index (χ2n) is 9.18. The summed E-state index contributed by atoms with van der Waals surface area (Å²) in [6.07, 6.45) is 9.80. The SMILES string of the molecule is O=C(NC1CCN(c2ncccn2)CC1)C1CCCCC1C(=O)N1CCc2ccccc21. The molecule has 5 rings (SSSR count). The zero-order valence-electron chi connectivity index (χ0n) is 18.4. The van der Waals surface area contributed by atoms with Crippen LogP contribution in [0.4, 0.5) is 11.6 Å². The second kappa shape index (κ2) is 9.27. The molecule has 3 heterocycles. The zero-order valence-corrected chi connectivity index (χ0v) is 18.4. The Morgan fingerprint density at radius 2 is 1.59 bits per heavy atom. The van der Waals surface area contributed by atoms with Crippen molar-refractivity contribution in [3.8, 4) is 0 Å². The van der Waals surface area contributed by atoms with E-state index in [1.54, 1.807) is 12.4 Å². The first-order chi connectivity index (χ1) is 15.7. The number of carbonyl (C=O) groups excluding carboxylic acids is 2. The topological polar surface area (TPSA) is 78.4 Å². The molecule has 1 N–H and O–H groups in total. The van der Waals surface area contributed by atoms with E-state index in [2.05, 4.69) is 26.3 Å². The molecular formula is C25H31N5O2. The Bertz CT molecular complexity index is 958. The molecule has 2 unspecified atom stereocenters. The molecule has 1 saturated carbocycles. The van der Waals surface area contributed by atoms with E-state index in [9.17, 15) is 9.59 Å². The number of piperidine rings is 1. The van der Waals surface area contributed by atoms with E-state index in [1.165, 1.54) is 5.56 Å². The zero-order chi connectivity index (χ0) is 21.9. The quantitative estimate of drug-likeness (QED) is 0.802. The van der Waals surface area contributed by atoms with Gasteiger partial charge in [0.2, 0.25) is 17.8 Å². The average Bonchev–Trinajstić information content (AvgIpc) is 3.29. The van der Waals surface area contributed by atoms with Gasteiger partial charge in [-0.05, 0) is 49.8 Å². The predicted molar refractivity (Wildman–Crippen MR) is 123 cm³/mol. The highest BCUT2D eigenvalue weighted by molar-refractivity contribution is 5.99. The Balaban J connectivity index is 1.21. The van der Waals surface area contributed by atoms with E-state index in [-0.39, 0.29) is 29.7 Å². The minimum absolute atomic E-state index is 0.0601. The molecule has 1 aromatic carbocycles. The molecule has 3 aliphatic rings. The molecular weight excluding hydrogens is 402 g/mol. The molecule has 2 fully saturated rings. The molecule has 1 saturated heterocycles. The smallest absolute Gasteiger partial charge is 0.230 e. The Hall–Kier alpha value is -2.96. The second-order valence-corrected chi connectivity index (χ2v) is 9.18. The van der Waals surface area contributed by atoms with Gasteiger partial charge in [0.15, 0.2) is 0 Å². The molecule has 2 aromatic rings. The number of nitrogens with one attached hydrogen (secondary N) is 1. The van der Waals surface area contributed by atoms with Gasteiger partial charge in [-0.15, -0.1) is 0 Å². The van der Waals surface area contributed by atoms with Crippen molar-refractivity contribution in [1.29, 1.82) is 0 Å². The van der Waals surface area contributed by atoms with E-state index in [4.69, 9.17) is 0 Å². The number of amides is 2. The van der Waals surface area contributed by atoms with Crippen molar-refractivity contribution in [1.82, 2.24) is 15.3 Å². The minimum Gasteiger partial charge on any atom is -0.353 e. The van der Waals surface area contributed by atoms with E-state index < -0.39 is 0 Å². The Labute approximate surface area is 189 Å². The van der Waals surface area contributed by atoms with Gasteiger partial charge in [-0.25, -0.2) is 9.97 Å². The van der Waals surface area contributed by atoms with Gasteiger partial charge in [0.25, 0.3) is 0 Å². The molecule has 7 heteroatoms. The molecule has 1 aromatic heterocycles. The van der Waals surface area contributed by atoms with Crippen LogP contribution in [0, 0.1) is 11.8 Å². The van der Waals surface area contributed by atoms with E-state index >= 15 is 0 Å². The van der Waals surface area contributed by atoms with Crippen LogP contribution in [-0.2, 0) is 16.0 Å². The Morgan fingerprint density at radius 1 is 0.875 bits per heavy atom. The van der Waals surface area contributed by atoms with Crippen LogP contribution in [0.15, 0.2) is 42.7 Å². The van der Waals surface area contributed by atoms with Crippen molar-refractivity contribution >= 4 is 23.5 Å². The van der Waals surface area contributed by atoms with Gasteiger partial charge in [-0.2, -0.15) is 0 Å². The molecule has 7 nitrogen and oxygen atoms in total. The van der Waals surface area contributed by atoms with Crippen LogP contribution in [-0.4, -0.2) is 47.5 Å². The lowest BCUT2D eigenvalue weighted by Crippen LogP contribution is -2.50. The first-order valence-electron chi connectivity index (χ1n) is 11.9. The molecule has 2 atom stereocenters. The number of hydrogen-bond acceptors (Lipinski definition) is 5. The van der Waals surface area contributed by atoms with Crippen LogP contribution in [0.5, 0.6) is 0 Å². The Kier molecular flexibility index (Phi) is 6.06. The van der Waals surface area contributed by atoms with Crippen molar-refractivity contribution in [3.63, 3.8) is 0 Å². The van der Waals surface area contributed by atoms with Crippen LogP contribution in [0.3, 0.4) is 0 Å². The van der Waals surface area contributed by atoms with Gasteiger partial charge >= 0.3 is 0 Å². The van der Waals surface area contributed by atoms with Gasteiger partial charge in [0.1, 0.15) is 0 Å². The number of nitrogens with zero attached hydrogens (tertiary/aromatic N) is 4. The van der Waals surface area contributed by atoms with Crippen LogP contribution in [0.2, 0.25) is 0 Å². The number of hydrogen-bond donors (Lipinski definition) is 1. The monoisotopic (exact) mass is 433 g/mol. The van der Waals surface area contributed by atoms with Crippen molar-refractivity contribution in [2.75, 3.05) is 29.4 Å². The summed E-state index contributed by atoms with van der Waals surface area (Å²) in [6, 6.07) is 10.1. The maximum atomic E-state index is 13.5. The lowest BCUT2D eigenvalue weighted by atomic mass is 9.77. The molecule has 1 aliphatic carbocycles. The Morgan fingerprint density at radius 3 is 2.38 bits per heavy atom. The molecule has 0 spiro atoms. The minimum atomic E-state index is -0.223. The largest absolute Gasteiger partial charge is 0.353 e. The molecule has 168 valence electrons. The van der Waals surface area contributed by atoms with Gasteiger partial charge < -0.3 is 15.1 Å². The van der Waals surface area contributed by atoms with Crippen molar-refractivity contribution < 1.29 is 9.59 Å². The third-order valence-electron chi connectivity index (χ3n) is 7.25. The maximum Gasteiger partial charge on any atom is 0.230 e. The normalized spacial score (nSPS) is 23.6. The summed E-state index contributed by atoms with van der Waals surface area (Å²) in [5.74, 6) is 0.504. The molecule has 32 heavy (non-hydrogen) atoms. The summed E-state index contributed by atoms with van der Waals surface area (Å²) in [5, 5.41) is 3.28. The van der Waals surface area contributed by atoms with Crippen molar-refractivity contribution in [2.24, 2.45) is 11.8 Å². The number of fused-ring (bicyclic) bond motifs is 1. The van der Waals surface area contributed by atoms with E-state index in [1.807, 2.05) is 29.2 Å². The summed E-state index contributed by atoms with van der Waals surface area (Å²) < 4.78 is 0. The summed E-state index contributed by atoms with van der Waals surface area (Å²) >= 11 is 0. The summed E-state index contributed by atoms with van der Waals surface area (Å²) in [4.78, 5) is 39.5.